The molecule has 0 aromatic heterocycles. The van der Waals surface area contributed by atoms with Gasteiger partial charge in [0.15, 0.2) is 5.78 Å². The molecular formula is C11H16N2O5. The zero-order valence-electron chi connectivity index (χ0n) is 10.1. The van der Waals surface area contributed by atoms with Crippen LogP contribution in [0.4, 0.5) is 4.79 Å². The number of carbonyl (C=O) groups is 3. The first-order chi connectivity index (χ1) is 8.42. The number of nitrogens with one attached hydrogen (secondary N) is 2. The highest BCUT2D eigenvalue weighted by Crippen LogP contribution is 2.30. The molecule has 0 aromatic rings. The molecule has 3 N–H and O–H groups in total. The van der Waals surface area contributed by atoms with Crippen LogP contribution in [0.1, 0.15) is 19.8 Å². The van der Waals surface area contributed by atoms with E-state index in [1.54, 1.807) is 6.92 Å². The van der Waals surface area contributed by atoms with Gasteiger partial charge in [0, 0.05) is 12.5 Å². The maximum Gasteiger partial charge on any atom is 0.405 e. The van der Waals surface area contributed by atoms with Crippen molar-refractivity contribution in [2.24, 2.45) is 5.92 Å². The quantitative estimate of drug-likeness (QED) is 0.575. The first kappa shape index (κ1) is 12.8. The number of epoxide rings is 1. The summed E-state index contributed by atoms with van der Waals surface area (Å²) in [5.41, 5.74) is -0.887. The van der Waals surface area contributed by atoms with Gasteiger partial charge in [-0.2, -0.15) is 0 Å². The van der Waals surface area contributed by atoms with E-state index in [0.29, 0.717) is 19.6 Å². The van der Waals surface area contributed by atoms with Crippen LogP contribution in [-0.2, 0) is 14.3 Å². The molecule has 18 heavy (non-hydrogen) atoms. The number of carboxylic acid groups (broad SMARTS) is 1. The zero-order valence-corrected chi connectivity index (χ0v) is 10.1. The summed E-state index contributed by atoms with van der Waals surface area (Å²) in [5.74, 6) is -0.736. The highest BCUT2D eigenvalue weighted by Gasteiger charge is 2.50. The van der Waals surface area contributed by atoms with Crippen molar-refractivity contribution in [2.75, 3.05) is 13.2 Å². The fraction of sp³-hybridized carbons (Fsp3) is 0.727. The van der Waals surface area contributed by atoms with Crippen molar-refractivity contribution >= 4 is 17.8 Å². The molecule has 7 nitrogen and oxygen atoms in total. The summed E-state index contributed by atoms with van der Waals surface area (Å²) in [5, 5.41) is 13.6. The number of carbonyl (C=O) groups excluding carboxylic acids is 2. The molecule has 2 saturated heterocycles. The Labute approximate surface area is 104 Å². The van der Waals surface area contributed by atoms with Crippen LogP contribution < -0.4 is 10.6 Å². The molecule has 0 saturated carbocycles. The van der Waals surface area contributed by atoms with Crippen LogP contribution in [0.2, 0.25) is 0 Å². The minimum atomic E-state index is -1.27. The Morgan fingerprint density at radius 3 is 2.78 bits per heavy atom. The molecule has 100 valence electrons. The Morgan fingerprint density at radius 1 is 1.67 bits per heavy atom. The molecule has 2 amide bonds. The van der Waals surface area contributed by atoms with Crippen LogP contribution in [0.25, 0.3) is 0 Å². The van der Waals surface area contributed by atoms with Crippen LogP contribution in [0, 0.1) is 5.92 Å². The van der Waals surface area contributed by atoms with Crippen molar-refractivity contribution < 1.29 is 24.2 Å². The first-order valence-corrected chi connectivity index (χ1v) is 5.88. The number of amides is 2. The normalized spacial score (nSPS) is 31.6. The molecule has 2 rings (SSSR count). The lowest BCUT2D eigenvalue weighted by Gasteiger charge is -2.19. The fourth-order valence-electron chi connectivity index (χ4n) is 2.15. The monoisotopic (exact) mass is 256 g/mol. The second-order valence-corrected chi connectivity index (χ2v) is 4.90. The summed E-state index contributed by atoms with van der Waals surface area (Å²) in [6.45, 7) is 2.51. The van der Waals surface area contributed by atoms with Crippen molar-refractivity contribution in [3.8, 4) is 0 Å². The summed E-state index contributed by atoms with van der Waals surface area (Å²) < 4.78 is 5.03. The molecule has 2 heterocycles. The molecule has 2 aliphatic rings. The highest BCUT2D eigenvalue weighted by molar-refractivity contribution is 5.96. The Hall–Kier alpha value is -1.63. The van der Waals surface area contributed by atoms with Gasteiger partial charge in [-0.1, -0.05) is 0 Å². The van der Waals surface area contributed by atoms with Crippen molar-refractivity contribution in [1.82, 2.24) is 10.6 Å². The van der Waals surface area contributed by atoms with E-state index in [-0.39, 0.29) is 24.0 Å². The third-order valence-electron chi connectivity index (χ3n) is 3.40. The summed E-state index contributed by atoms with van der Waals surface area (Å²) in [6, 6.07) is -0.885. The standard InChI is InChI=1S/C11H16N2O5/c1-11(5-18-11)8(14)7(13-10(16)17)4-6-2-3-12-9(6)15/h6-7,13H,2-5H2,1H3,(H,12,15)(H,16,17)/t6?,7-,11?/m0/s1. The number of ketones is 1. The molecule has 3 atom stereocenters. The number of ether oxygens (including phenoxy) is 1. The Balaban J connectivity index is 2.02. The molecule has 0 bridgehead atoms. The summed E-state index contributed by atoms with van der Waals surface area (Å²) in [4.78, 5) is 34.2. The molecule has 2 unspecified atom stereocenters. The smallest absolute Gasteiger partial charge is 0.405 e. The van der Waals surface area contributed by atoms with Gasteiger partial charge in [0.05, 0.1) is 12.6 Å². The van der Waals surface area contributed by atoms with Gasteiger partial charge in [0.25, 0.3) is 0 Å². The largest absolute Gasteiger partial charge is 0.465 e. The topological polar surface area (TPSA) is 108 Å². The minimum absolute atomic E-state index is 0.123. The summed E-state index contributed by atoms with van der Waals surface area (Å²) >= 11 is 0. The predicted molar refractivity (Wildman–Crippen MR) is 60.0 cm³/mol. The first-order valence-electron chi connectivity index (χ1n) is 5.88. The predicted octanol–water partition coefficient (Wildman–Crippen LogP) is -0.493. The van der Waals surface area contributed by atoms with E-state index in [0.717, 1.165) is 0 Å². The van der Waals surface area contributed by atoms with E-state index in [2.05, 4.69) is 10.6 Å². The lowest BCUT2D eigenvalue weighted by Crippen LogP contribution is -2.47. The molecule has 2 fully saturated rings. The van der Waals surface area contributed by atoms with Crippen molar-refractivity contribution in [3.05, 3.63) is 0 Å². The molecule has 0 spiro atoms. The van der Waals surface area contributed by atoms with Crippen molar-refractivity contribution in [2.45, 2.75) is 31.4 Å². The maximum absolute atomic E-state index is 12.1. The Morgan fingerprint density at radius 2 is 2.33 bits per heavy atom. The molecule has 0 radical (unpaired) electrons. The van der Waals surface area contributed by atoms with E-state index in [4.69, 9.17) is 9.84 Å². The highest BCUT2D eigenvalue weighted by atomic mass is 16.6. The van der Waals surface area contributed by atoms with E-state index in [9.17, 15) is 14.4 Å². The Kier molecular flexibility index (Phi) is 3.25. The minimum Gasteiger partial charge on any atom is -0.465 e. The van der Waals surface area contributed by atoms with Crippen molar-refractivity contribution in [3.63, 3.8) is 0 Å². The molecule has 7 heteroatoms. The van der Waals surface area contributed by atoms with E-state index >= 15 is 0 Å². The van der Waals surface area contributed by atoms with Gasteiger partial charge in [-0.3, -0.25) is 9.59 Å². The van der Waals surface area contributed by atoms with Gasteiger partial charge < -0.3 is 20.5 Å². The van der Waals surface area contributed by atoms with Crippen LogP contribution in [-0.4, -0.2) is 47.7 Å². The molecule has 2 aliphatic heterocycles. The average Bonchev–Trinajstić information content (AvgIpc) is 2.92. The third kappa shape index (κ3) is 2.61. The average molecular weight is 256 g/mol. The number of Topliss-reactive ketones (excluding diaryl/α,β-unsaturated/α-hetero) is 1. The fourth-order valence-corrected chi connectivity index (χ4v) is 2.15. The third-order valence-corrected chi connectivity index (χ3v) is 3.40. The van der Waals surface area contributed by atoms with E-state index in [1.807, 2.05) is 0 Å². The van der Waals surface area contributed by atoms with E-state index < -0.39 is 17.7 Å². The molecule has 0 aliphatic carbocycles. The maximum atomic E-state index is 12.1. The lowest BCUT2D eigenvalue weighted by molar-refractivity contribution is -0.127. The summed E-state index contributed by atoms with van der Waals surface area (Å²) in [6.07, 6.45) is -0.451. The van der Waals surface area contributed by atoms with Crippen LogP contribution in [0.15, 0.2) is 0 Å². The second kappa shape index (κ2) is 4.56. The van der Waals surface area contributed by atoms with Crippen molar-refractivity contribution in [1.29, 1.82) is 0 Å². The summed E-state index contributed by atoms with van der Waals surface area (Å²) in [7, 11) is 0. The molecular weight excluding hydrogens is 240 g/mol. The van der Waals surface area contributed by atoms with Gasteiger partial charge in [-0.05, 0) is 19.8 Å². The number of hydrogen-bond acceptors (Lipinski definition) is 4. The van der Waals surface area contributed by atoms with Gasteiger partial charge in [0.1, 0.15) is 5.60 Å². The van der Waals surface area contributed by atoms with Crippen LogP contribution in [0.5, 0.6) is 0 Å². The second-order valence-electron chi connectivity index (χ2n) is 4.90. The number of hydrogen-bond donors (Lipinski definition) is 3. The SMILES string of the molecule is CC1(C(=O)[C@H](CC2CCNC2=O)NC(=O)O)CO1. The lowest BCUT2D eigenvalue weighted by atomic mass is 9.91. The number of rotatable bonds is 5. The van der Waals surface area contributed by atoms with Gasteiger partial charge in [0.2, 0.25) is 5.91 Å². The van der Waals surface area contributed by atoms with E-state index in [1.165, 1.54) is 0 Å². The van der Waals surface area contributed by atoms with Crippen LogP contribution >= 0.6 is 0 Å². The molecule has 0 aromatic carbocycles. The Bertz CT molecular complexity index is 391. The van der Waals surface area contributed by atoms with Gasteiger partial charge >= 0.3 is 6.09 Å². The van der Waals surface area contributed by atoms with Gasteiger partial charge in [-0.15, -0.1) is 0 Å². The zero-order chi connectivity index (χ0) is 13.3. The van der Waals surface area contributed by atoms with Gasteiger partial charge in [-0.25, -0.2) is 4.79 Å². The van der Waals surface area contributed by atoms with Crippen LogP contribution in [0.3, 0.4) is 0 Å².